The van der Waals surface area contributed by atoms with E-state index in [4.69, 9.17) is 4.74 Å². The van der Waals surface area contributed by atoms with Crippen molar-refractivity contribution in [3.05, 3.63) is 35.4 Å². The van der Waals surface area contributed by atoms with E-state index in [1.165, 1.54) is 19.6 Å². The van der Waals surface area contributed by atoms with Crippen LogP contribution in [0.25, 0.3) is 0 Å². The zero-order valence-electron chi connectivity index (χ0n) is 15.5. The molecule has 27 heavy (non-hydrogen) atoms. The second-order valence-electron chi connectivity index (χ2n) is 6.36. The van der Waals surface area contributed by atoms with Crippen molar-refractivity contribution in [1.82, 2.24) is 20.3 Å². The summed E-state index contributed by atoms with van der Waals surface area (Å²) in [6, 6.07) is 4.25. The number of aromatic nitrogens is 3. The van der Waals surface area contributed by atoms with Crippen LogP contribution >= 0.6 is 0 Å². The van der Waals surface area contributed by atoms with Crippen LogP contribution in [0.1, 0.15) is 30.7 Å². The molecule has 1 aromatic heterocycles. The van der Waals surface area contributed by atoms with Crippen LogP contribution in [0.5, 0.6) is 6.01 Å². The molecule has 1 saturated heterocycles. The Hall–Kier alpha value is -2.97. The third kappa shape index (κ3) is 5.02. The number of piperidine rings is 1. The lowest BCUT2D eigenvalue weighted by atomic mass is 10.1. The predicted molar refractivity (Wildman–Crippen MR) is 99.4 cm³/mol. The number of nitrogens with one attached hydrogen (secondary N) is 2. The lowest BCUT2D eigenvalue weighted by Gasteiger charge is -2.26. The number of carbonyl (C=O) groups excluding carboxylic acids is 1. The van der Waals surface area contributed by atoms with Crippen molar-refractivity contribution in [1.29, 1.82) is 0 Å². The molecule has 0 bridgehead atoms. The van der Waals surface area contributed by atoms with E-state index in [0.717, 1.165) is 25.9 Å². The average Bonchev–Trinajstić information content (AvgIpc) is 2.69. The molecule has 3 rings (SSSR count). The number of halogens is 1. The van der Waals surface area contributed by atoms with Crippen molar-refractivity contribution in [2.75, 3.05) is 30.4 Å². The summed E-state index contributed by atoms with van der Waals surface area (Å²) in [5, 5.41) is 5.25. The van der Waals surface area contributed by atoms with Crippen molar-refractivity contribution in [2.45, 2.75) is 32.7 Å². The molecule has 2 heterocycles. The van der Waals surface area contributed by atoms with Gasteiger partial charge in [-0.15, -0.1) is 0 Å². The van der Waals surface area contributed by atoms with E-state index >= 15 is 0 Å². The topological polar surface area (TPSA) is 92.3 Å². The number of hydrogen-bond acceptors (Lipinski definition) is 6. The van der Waals surface area contributed by atoms with Crippen molar-refractivity contribution in [3.63, 3.8) is 0 Å². The molecule has 2 N–H and O–H groups in total. The molecule has 144 valence electrons. The minimum atomic E-state index is -0.475. The third-order valence-electron chi connectivity index (χ3n) is 4.31. The highest BCUT2D eigenvalue weighted by Crippen LogP contribution is 2.18. The molecular formula is C18H23FN6O2. The van der Waals surface area contributed by atoms with E-state index in [1.807, 2.05) is 0 Å². The first kappa shape index (κ1) is 18.8. The van der Waals surface area contributed by atoms with E-state index in [-0.39, 0.29) is 18.4 Å². The molecule has 1 aliphatic rings. The number of benzene rings is 1. The second kappa shape index (κ2) is 8.61. The zero-order chi connectivity index (χ0) is 19.2. The van der Waals surface area contributed by atoms with Gasteiger partial charge in [0.1, 0.15) is 5.82 Å². The van der Waals surface area contributed by atoms with Crippen LogP contribution in [0.3, 0.4) is 0 Å². The monoisotopic (exact) mass is 374 g/mol. The molecule has 1 aromatic carbocycles. The van der Waals surface area contributed by atoms with Crippen LogP contribution < -0.4 is 20.3 Å². The average molecular weight is 374 g/mol. The molecule has 9 heteroatoms. The maximum Gasteiger partial charge on any atom is 0.321 e. The van der Waals surface area contributed by atoms with Crippen LogP contribution in [0, 0.1) is 12.7 Å². The Morgan fingerprint density at radius 1 is 1.22 bits per heavy atom. The second-order valence-corrected chi connectivity index (χ2v) is 6.36. The number of aryl methyl sites for hydroxylation is 1. The summed E-state index contributed by atoms with van der Waals surface area (Å²) in [5.41, 5.74) is 0.890. The molecule has 1 fully saturated rings. The van der Waals surface area contributed by atoms with Crippen LogP contribution in [0.15, 0.2) is 18.2 Å². The number of rotatable bonds is 5. The van der Waals surface area contributed by atoms with Gasteiger partial charge in [-0.1, -0.05) is 6.07 Å². The third-order valence-corrected chi connectivity index (χ3v) is 4.31. The van der Waals surface area contributed by atoms with Crippen LogP contribution in [-0.4, -0.2) is 41.2 Å². The molecule has 0 radical (unpaired) electrons. The highest BCUT2D eigenvalue weighted by atomic mass is 19.1. The van der Waals surface area contributed by atoms with E-state index in [1.54, 1.807) is 19.1 Å². The van der Waals surface area contributed by atoms with Gasteiger partial charge >= 0.3 is 12.0 Å². The fourth-order valence-electron chi connectivity index (χ4n) is 2.80. The van der Waals surface area contributed by atoms with Gasteiger partial charge in [-0.05, 0) is 43.9 Å². The minimum Gasteiger partial charge on any atom is -0.467 e. The normalized spacial score (nSPS) is 14.0. The molecule has 0 unspecified atom stereocenters. The molecule has 8 nitrogen and oxygen atoms in total. The van der Waals surface area contributed by atoms with Gasteiger partial charge < -0.3 is 20.3 Å². The Kier molecular flexibility index (Phi) is 6.00. The number of anilines is 2. The standard InChI is InChI=1S/C18H23FN6O2/c1-12-6-7-13(10-14(12)19)21-17(26)20-11-15-22-16(24-18(23-15)27-2)25-8-4-3-5-9-25/h6-7,10H,3-5,8-9,11H2,1-2H3,(H2,20,21,26). The molecule has 1 aliphatic heterocycles. The fourth-order valence-corrected chi connectivity index (χ4v) is 2.80. The van der Waals surface area contributed by atoms with E-state index in [2.05, 4.69) is 30.5 Å². The first-order valence-electron chi connectivity index (χ1n) is 8.90. The highest BCUT2D eigenvalue weighted by Gasteiger charge is 2.17. The molecule has 2 amide bonds. The predicted octanol–water partition coefficient (Wildman–Crippen LogP) is 2.64. The Labute approximate surface area is 157 Å². The number of nitrogens with zero attached hydrogens (tertiary/aromatic N) is 4. The SMILES string of the molecule is COc1nc(CNC(=O)Nc2ccc(C)c(F)c2)nc(N2CCCCC2)n1. The number of hydrogen-bond donors (Lipinski definition) is 2. The summed E-state index contributed by atoms with van der Waals surface area (Å²) in [7, 11) is 1.49. The largest absolute Gasteiger partial charge is 0.467 e. The quantitative estimate of drug-likeness (QED) is 0.836. The summed E-state index contributed by atoms with van der Waals surface area (Å²) in [5.74, 6) is 0.577. The first-order valence-corrected chi connectivity index (χ1v) is 8.90. The molecule has 2 aromatic rings. The number of urea groups is 1. The maximum absolute atomic E-state index is 13.6. The van der Waals surface area contributed by atoms with E-state index < -0.39 is 6.03 Å². The number of amides is 2. The van der Waals surface area contributed by atoms with Gasteiger partial charge in [0.25, 0.3) is 0 Å². The van der Waals surface area contributed by atoms with Gasteiger partial charge in [-0.3, -0.25) is 0 Å². The summed E-state index contributed by atoms with van der Waals surface area (Å²) < 4.78 is 18.7. The Morgan fingerprint density at radius 3 is 2.70 bits per heavy atom. The van der Waals surface area contributed by atoms with Gasteiger partial charge in [0.15, 0.2) is 5.82 Å². The van der Waals surface area contributed by atoms with Crippen LogP contribution in [0.4, 0.5) is 20.8 Å². The Bertz CT molecular complexity index is 810. The molecule has 0 atom stereocenters. The van der Waals surface area contributed by atoms with Gasteiger partial charge in [-0.2, -0.15) is 15.0 Å². The van der Waals surface area contributed by atoms with Crippen molar-refractivity contribution in [3.8, 4) is 6.01 Å². The Balaban J connectivity index is 1.63. The lowest BCUT2D eigenvalue weighted by Crippen LogP contribution is -2.32. The van der Waals surface area contributed by atoms with Gasteiger partial charge in [0.2, 0.25) is 5.95 Å². The molecule has 0 saturated carbocycles. The zero-order valence-corrected chi connectivity index (χ0v) is 15.5. The molecule has 0 aliphatic carbocycles. The molecule has 0 spiro atoms. The maximum atomic E-state index is 13.6. The highest BCUT2D eigenvalue weighted by molar-refractivity contribution is 5.89. The van der Waals surface area contributed by atoms with E-state index in [9.17, 15) is 9.18 Å². The van der Waals surface area contributed by atoms with Crippen molar-refractivity contribution >= 4 is 17.7 Å². The summed E-state index contributed by atoms with van der Waals surface area (Å²) >= 11 is 0. The molecular weight excluding hydrogens is 351 g/mol. The van der Waals surface area contributed by atoms with Gasteiger partial charge in [0, 0.05) is 18.8 Å². The summed E-state index contributed by atoms with van der Waals surface area (Å²) in [6.07, 6.45) is 3.39. The first-order chi connectivity index (χ1) is 13.0. The van der Waals surface area contributed by atoms with Gasteiger partial charge in [-0.25, -0.2) is 9.18 Å². The number of ether oxygens (including phenoxy) is 1. The summed E-state index contributed by atoms with van der Waals surface area (Å²) in [6.45, 7) is 3.53. The van der Waals surface area contributed by atoms with Crippen LogP contribution in [0.2, 0.25) is 0 Å². The van der Waals surface area contributed by atoms with Crippen molar-refractivity contribution < 1.29 is 13.9 Å². The minimum absolute atomic E-state index is 0.0971. The number of carbonyl (C=O) groups is 1. The van der Waals surface area contributed by atoms with E-state index in [0.29, 0.717) is 23.0 Å². The fraction of sp³-hybridized carbons (Fsp3) is 0.444. The van der Waals surface area contributed by atoms with Crippen molar-refractivity contribution in [2.24, 2.45) is 0 Å². The number of methoxy groups -OCH3 is 1. The smallest absolute Gasteiger partial charge is 0.321 e. The lowest BCUT2D eigenvalue weighted by molar-refractivity contribution is 0.251. The Morgan fingerprint density at radius 2 is 2.00 bits per heavy atom. The van der Waals surface area contributed by atoms with Gasteiger partial charge in [0.05, 0.1) is 13.7 Å². The van der Waals surface area contributed by atoms with Crippen LogP contribution in [-0.2, 0) is 6.54 Å². The summed E-state index contributed by atoms with van der Waals surface area (Å²) in [4.78, 5) is 27.1.